The molecule has 1 heterocycles. The van der Waals surface area contributed by atoms with Gasteiger partial charge in [-0.15, -0.1) is 0 Å². The number of nitrogen functional groups attached to an aromatic ring is 2. The second-order valence-corrected chi connectivity index (χ2v) is 7.80. The number of hydrogen-bond donors (Lipinski definition) is 5. The SMILES string of the molecule is Cc1nc(C(=O)NC(N)=NCCCCC2CCC(OCCC(=O)O)CC2)c(N)nc1N. The standard InChI is InChI=1S/C20H33N7O4/c1-12-17(21)26-18(22)16(25-12)19(30)27-20(23)24-10-3-2-4-13-5-7-14(8-6-13)31-11-9-15(28)29/h13-14H,2-11H2,1H3,(H,28,29)(H4,21,22,26)(H3,23,24,27,30). The number of nitrogens with one attached hydrogen (secondary N) is 1. The number of nitrogens with zero attached hydrogens (tertiary/aromatic N) is 3. The zero-order valence-electron chi connectivity index (χ0n) is 18.0. The molecule has 1 saturated carbocycles. The van der Waals surface area contributed by atoms with E-state index in [9.17, 15) is 9.59 Å². The van der Waals surface area contributed by atoms with Gasteiger partial charge in [-0.3, -0.25) is 19.9 Å². The van der Waals surface area contributed by atoms with E-state index in [2.05, 4.69) is 20.3 Å². The third-order valence-electron chi connectivity index (χ3n) is 5.36. The fraction of sp³-hybridized carbons (Fsp3) is 0.650. The number of guanidine groups is 1. The predicted octanol–water partition coefficient (Wildman–Crippen LogP) is 1.21. The summed E-state index contributed by atoms with van der Waals surface area (Å²) in [5.74, 6) is -0.605. The minimum atomic E-state index is -0.824. The summed E-state index contributed by atoms with van der Waals surface area (Å²) in [7, 11) is 0. The van der Waals surface area contributed by atoms with E-state index in [0.29, 0.717) is 18.2 Å². The van der Waals surface area contributed by atoms with Crippen molar-refractivity contribution in [2.24, 2.45) is 16.6 Å². The molecule has 0 atom stereocenters. The van der Waals surface area contributed by atoms with Crippen LogP contribution in [0.15, 0.2) is 4.99 Å². The fourth-order valence-electron chi connectivity index (χ4n) is 3.57. The van der Waals surface area contributed by atoms with Crippen LogP contribution in [0.5, 0.6) is 0 Å². The number of carbonyl (C=O) groups excluding carboxylic acids is 1. The lowest BCUT2D eigenvalue weighted by Crippen LogP contribution is -2.38. The molecule has 0 unspecified atom stereocenters. The second-order valence-electron chi connectivity index (χ2n) is 7.80. The van der Waals surface area contributed by atoms with E-state index in [-0.39, 0.29) is 42.4 Å². The van der Waals surface area contributed by atoms with Crippen molar-refractivity contribution in [2.75, 3.05) is 24.6 Å². The summed E-state index contributed by atoms with van der Waals surface area (Å²) in [4.78, 5) is 34.9. The van der Waals surface area contributed by atoms with Gasteiger partial charge in [-0.25, -0.2) is 9.97 Å². The van der Waals surface area contributed by atoms with Crippen molar-refractivity contribution in [3.05, 3.63) is 11.4 Å². The lowest BCUT2D eigenvalue weighted by molar-refractivity contribution is -0.138. The summed E-state index contributed by atoms with van der Waals surface area (Å²) < 4.78 is 5.63. The van der Waals surface area contributed by atoms with Gasteiger partial charge in [-0.1, -0.05) is 12.8 Å². The Hall–Kier alpha value is -2.95. The third-order valence-corrected chi connectivity index (χ3v) is 5.36. The minimum Gasteiger partial charge on any atom is -0.481 e. The van der Waals surface area contributed by atoms with Crippen LogP contribution in [0.25, 0.3) is 0 Å². The molecule has 0 spiro atoms. The average molecular weight is 436 g/mol. The molecule has 0 saturated heterocycles. The average Bonchev–Trinajstić information content (AvgIpc) is 2.71. The number of carboxylic acids is 1. The molecule has 1 aromatic rings. The highest BCUT2D eigenvalue weighted by atomic mass is 16.5. The Morgan fingerprint density at radius 3 is 2.55 bits per heavy atom. The van der Waals surface area contributed by atoms with E-state index < -0.39 is 11.9 Å². The molecule has 11 nitrogen and oxygen atoms in total. The Bertz CT molecular complexity index is 792. The molecule has 0 radical (unpaired) electrons. The summed E-state index contributed by atoms with van der Waals surface area (Å²) >= 11 is 0. The van der Waals surface area contributed by atoms with Crippen molar-refractivity contribution in [3.63, 3.8) is 0 Å². The maximum atomic E-state index is 12.2. The van der Waals surface area contributed by atoms with Gasteiger partial charge in [0.15, 0.2) is 17.5 Å². The molecule has 31 heavy (non-hydrogen) atoms. The van der Waals surface area contributed by atoms with Crippen LogP contribution in [0.4, 0.5) is 11.6 Å². The summed E-state index contributed by atoms with van der Waals surface area (Å²) in [6.45, 7) is 2.44. The van der Waals surface area contributed by atoms with E-state index in [4.69, 9.17) is 27.0 Å². The highest BCUT2D eigenvalue weighted by molar-refractivity contribution is 6.06. The maximum absolute atomic E-state index is 12.2. The van der Waals surface area contributed by atoms with Gasteiger partial charge >= 0.3 is 5.97 Å². The molecular formula is C20H33N7O4. The van der Waals surface area contributed by atoms with Gasteiger partial charge in [0.2, 0.25) is 0 Å². The normalized spacial score (nSPS) is 19.2. The first-order valence-electron chi connectivity index (χ1n) is 10.6. The minimum absolute atomic E-state index is 0.0136. The molecule has 172 valence electrons. The zero-order chi connectivity index (χ0) is 22.8. The third kappa shape index (κ3) is 8.36. The van der Waals surface area contributed by atoms with Crippen molar-refractivity contribution in [1.82, 2.24) is 15.3 Å². The summed E-state index contributed by atoms with van der Waals surface area (Å²) in [5.41, 5.74) is 17.5. The summed E-state index contributed by atoms with van der Waals surface area (Å²) in [6.07, 6.45) is 7.42. The molecule has 8 N–H and O–H groups in total. The number of amides is 1. The van der Waals surface area contributed by atoms with Gasteiger partial charge in [0, 0.05) is 6.54 Å². The van der Waals surface area contributed by atoms with Crippen LogP contribution < -0.4 is 22.5 Å². The number of anilines is 2. The monoisotopic (exact) mass is 435 g/mol. The first-order chi connectivity index (χ1) is 14.8. The first-order valence-corrected chi connectivity index (χ1v) is 10.6. The Balaban J connectivity index is 1.62. The van der Waals surface area contributed by atoms with Gasteiger partial charge in [0.05, 0.1) is 24.8 Å². The molecule has 1 aromatic heterocycles. The Labute approximate surface area is 181 Å². The first kappa shape index (κ1) is 24.3. The molecule has 1 amide bonds. The Morgan fingerprint density at radius 1 is 1.16 bits per heavy atom. The fourth-order valence-corrected chi connectivity index (χ4v) is 3.57. The van der Waals surface area contributed by atoms with E-state index in [1.54, 1.807) is 6.92 Å². The van der Waals surface area contributed by atoms with Gasteiger partial charge in [-0.2, -0.15) is 0 Å². The number of hydrogen-bond acceptors (Lipinski definition) is 8. The molecule has 1 aliphatic carbocycles. The van der Waals surface area contributed by atoms with Gasteiger partial charge in [-0.05, 0) is 44.9 Å². The number of aliphatic imine (C=N–C) groups is 1. The van der Waals surface area contributed by atoms with Crippen LogP contribution >= 0.6 is 0 Å². The quantitative estimate of drug-likeness (QED) is 0.204. The molecular weight excluding hydrogens is 402 g/mol. The number of aromatic nitrogens is 2. The van der Waals surface area contributed by atoms with Crippen LogP contribution in [0, 0.1) is 12.8 Å². The van der Waals surface area contributed by atoms with E-state index in [0.717, 1.165) is 44.9 Å². The van der Waals surface area contributed by atoms with Gasteiger partial charge in [0.1, 0.15) is 5.82 Å². The number of carbonyl (C=O) groups is 2. The molecule has 0 bridgehead atoms. The van der Waals surface area contributed by atoms with E-state index >= 15 is 0 Å². The smallest absolute Gasteiger partial charge is 0.305 e. The van der Waals surface area contributed by atoms with Gasteiger partial charge in [0.25, 0.3) is 5.91 Å². The van der Waals surface area contributed by atoms with Crippen LogP contribution in [-0.2, 0) is 9.53 Å². The molecule has 0 aliphatic heterocycles. The largest absolute Gasteiger partial charge is 0.481 e. The Morgan fingerprint density at radius 2 is 1.87 bits per heavy atom. The Kier molecular flexibility index (Phi) is 9.44. The van der Waals surface area contributed by atoms with Crippen LogP contribution in [0.2, 0.25) is 0 Å². The molecule has 0 aromatic carbocycles. The van der Waals surface area contributed by atoms with Crippen molar-refractivity contribution < 1.29 is 19.4 Å². The highest BCUT2D eigenvalue weighted by Crippen LogP contribution is 2.29. The van der Waals surface area contributed by atoms with Crippen LogP contribution in [-0.4, -0.2) is 52.2 Å². The van der Waals surface area contributed by atoms with Crippen LogP contribution in [0.1, 0.15) is 67.5 Å². The number of aryl methyl sites for hydroxylation is 1. The zero-order valence-corrected chi connectivity index (χ0v) is 18.0. The lowest BCUT2D eigenvalue weighted by Gasteiger charge is -2.28. The van der Waals surface area contributed by atoms with Gasteiger partial charge < -0.3 is 27.0 Å². The van der Waals surface area contributed by atoms with Crippen LogP contribution in [0.3, 0.4) is 0 Å². The molecule has 11 heteroatoms. The highest BCUT2D eigenvalue weighted by Gasteiger charge is 2.21. The topological polar surface area (TPSA) is 192 Å². The number of unbranched alkanes of at least 4 members (excludes halogenated alkanes) is 1. The maximum Gasteiger partial charge on any atom is 0.305 e. The summed E-state index contributed by atoms with van der Waals surface area (Å²) in [6, 6.07) is 0. The number of nitrogens with two attached hydrogens (primary N) is 3. The van der Waals surface area contributed by atoms with E-state index in [1.807, 2.05) is 0 Å². The van der Waals surface area contributed by atoms with Crippen molar-refractivity contribution >= 4 is 29.5 Å². The van der Waals surface area contributed by atoms with Crippen molar-refractivity contribution in [2.45, 2.75) is 64.4 Å². The number of aliphatic carboxylic acids is 1. The number of rotatable bonds is 10. The van der Waals surface area contributed by atoms with Crippen molar-refractivity contribution in [1.29, 1.82) is 0 Å². The molecule has 1 fully saturated rings. The number of ether oxygens (including phenoxy) is 1. The molecule has 1 aliphatic rings. The lowest BCUT2D eigenvalue weighted by atomic mass is 9.84. The van der Waals surface area contributed by atoms with Crippen molar-refractivity contribution in [3.8, 4) is 0 Å². The molecule has 2 rings (SSSR count). The second kappa shape index (κ2) is 12.0. The predicted molar refractivity (Wildman–Crippen MR) is 117 cm³/mol. The summed E-state index contributed by atoms with van der Waals surface area (Å²) in [5, 5.41) is 11.1. The van der Waals surface area contributed by atoms with E-state index in [1.165, 1.54) is 0 Å². The number of carboxylic acid groups (broad SMARTS) is 1.